The number of nitrogens with zero attached hydrogens (tertiary/aromatic N) is 2. The summed E-state index contributed by atoms with van der Waals surface area (Å²) >= 11 is 0. The van der Waals surface area contributed by atoms with Gasteiger partial charge in [0.05, 0.1) is 0 Å². The number of hydrogen-bond donors (Lipinski definition) is 1. The highest BCUT2D eigenvalue weighted by atomic mass is 19.3. The number of alkyl halides is 2. The van der Waals surface area contributed by atoms with Crippen molar-refractivity contribution >= 4 is 11.6 Å². The number of anilines is 1. The van der Waals surface area contributed by atoms with Crippen LogP contribution in [0, 0.1) is 20.8 Å². The van der Waals surface area contributed by atoms with Crippen LogP contribution in [-0.4, -0.2) is 15.7 Å². The zero-order valence-corrected chi connectivity index (χ0v) is 12.2. The smallest absolute Gasteiger partial charge is 0.282 e. The van der Waals surface area contributed by atoms with Crippen LogP contribution in [0.2, 0.25) is 0 Å². The van der Waals surface area contributed by atoms with Crippen molar-refractivity contribution in [3.05, 3.63) is 46.8 Å². The minimum atomic E-state index is -2.63. The van der Waals surface area contributed by atoms with Crippen LogP contribution >= 0.6 is 0 Å². The Morgan fingerprint density at radius 3 is 2.67 bits per heavy atom. The van der Waals surface area contributed by atoms with Gasteiger partial charge in [0.1, 0.15) is 12.2 Å². The number of nitrogens with one attached hydrogen (secondary N) is 1. The fraction of sp³-hybridized carbons (Fsp3) is 0.333. The van der Waals surface area contributed by atoms with Gasteiger partial charge in [-0.05, 0) is 44.0 Å². The van der Waals surface area contributed by atoms with Crippen molar-refractivity contribution in [2.24, 2.45) is 0 Å². The first-order valence-electron chi connectivity index (χ1n) is 6.57. The normalized spacial score (nSPS) is 11.0. The van der Waals surface area contributed by atoms with Crippen LogP contribution in [-0.2, 0) is 11.3 Å². The van der Waals surface area contributed by atoms with Gasteiger partial charge in [-0.3, -0.25) is 9.48 Å². The maximum absolute atomic E-state index is 12.6. The lowest BCUT2D eigenvalue weighted by Crippen LogP contribution is -2.21. The van der Waals surface area contributed by atoms with E-state index in [4.69, 9.17) is 0 Å². The molecule has 1 heterocycles. The summed E-state index contributed by atoms with van der Waals surface area (Å²) in [6.07, 6.45) is -2.63. The summed E-state index contributed by atoms with van der Waals surface area (Å²) in [6, 6.07) is 6.90. The Morgan fingerprint density at radius 2 is 2.05 bits per heavy atom. The second-order valence-corrected chi connectivity index (χ2v) is 4.96. The standard InChI is InChI=1S/C15H17F2N3O/c1-9-5-4-6-12(11(9)3)18-14(21)8-20-10(2)7-13(19-20)15(16)17/h4-7,15H,8H2,1-3H3,(H,18,21). The minimum Gasteiger partial charge on any atom is -0.324 e. The number of carbonyl (C=O) groups excluding carboxylic acids is 1. The molecule has 1 aromatic heterocycles. The van der Waals surface area contributed by atoms with E-state index in [1.807, 2.05) is 26.0 Å². The number of halogens is 2. The molecule has 0 fully saturated rings. The number of rotatable bonds is 4. The minimum absolute atomic E-state index is 0.0913. The van der Waals surface area contributed by atoms with E-state index < -0.39 is 6.43 Å². The molecule has 2 aromatic rings. The van der Waals surface area contributed by atoms with Crippen LogP contribution < -0.4 is 5.32 Å². The number of aryl methyl sites for hydroxylation is 2. The van der Waals surface area contributed by atoms with Gasteiger partial charge in [-0.2, -0.15) is 5.10 Å². The Kier molecular flexibility index (Phi) is 4.35. The number of benzene rings is 1. The van der Waals surface area contributed by atoms with E-state index in [1.165, 1.54) is 10.7 Å². The first kappa shape index (κ1) is 15.2. The lowest BCUT2D eigenvalue weighted by Gasteiger charge is -2.11. The third-order valence-corrected chi connectivity index (χ3v) is 3.40. The van der Waals surface area contributed by atoms with Gasteiger partial charge in [0.2, 0.25) is 5.91 Å². The van der Waals surface area contributed by atoms with Gasteiger partial charge in [0.25, 0.3) is 6.43 Å². The molecule has 0 radical (unpaired) electrons. The van der Waals surface area contributed by atoms with Crippen molar-refractivity contribution in [2.45, 2.75) is 33.7 Å². The van der Waals surface area contributed by atoms with Crippen molar-refractivity contribution in [3.8, 4) is 0 Å². The summed E-state index contributed by atoms with van der Waals surface area (Å²) < 4.78 is 26.4. The van der Waals surface area contributed by atoms with Crippen LogP contribution in [0.25, 0.3) is 0 Å². The van der Waals surface area contributed by atoms with Crippen molar-refractivity contribution < 1.29 is 13.6 Å². The van der Waals surface area contributed by atoms with E-state index >= 15 is 0 Å². The zero-order chi connectivity index (χ0) is 15.6. The van der Waals surface area contributed by atoms with Gasteiger partial charge in [-0.25, -0.2) is 8.78 Å². The molecule has 0 aliphatic carbocycles. The highest BCUT2D eigenvalue weighted by Crippen LogP contribution is 2.19. The van der Waals surface area contributed by atoms with E-state index in [0.29, 0.717) is 5.69 Å². The quantitative estimate of drug-likeness (QED) is 0.939. The van der Waals surface area contributed by atoms with E-state index in [0.717, 1.165) is 16.8 Å². The van der Waals surface area contributed by atoms with E-state index in [1.54, 1.807) is 13.0 Å². The summed E-state index contributed by atoms with van der Waals surface area (Å²) in [5.41, 5.74) is 2.99. The van der Waals surface area contributed by atoms with Gasteiger partial charge in [-0.1, -0.05) is 12.1 Å². The Balaban J connectivity index is 2.10. The van der Waals surface area contributed by atoms with Crippen LogP contribution in [0.5, 0.6) is 0 Å². The molecule has 0 atom stereocenters. The predicted molar refractivity (Wildman–Crippen MR) is 76.5 cm³/mol. The van der Waals surface area contributed by atoms with Crippen molar-refractivity contribution in [1.82, 2.24) is 9.78 Å². The van der Waals surface area contributed by atoms with Crippen LogP contribution in [0.3, 0.4) is 0 Å². The molecule has 1 amide bonds. The molecule has 2 rings (SSSR count). The Morgan fingerprint density at radius 1 is 1.33 bits per heavy atom. The van der Waals surface area contributed by atoms with E-state index in [9.17, 15) is 13.6 Å². The average Bonchev–Trinajstić information content (AvgIpc) is 2.77. The summed E-state index contributed by atoms with van der Waals surface area (Å²) in [6.45, 7) is 5.42. The molecule has 0 aliphatic rings. The first-order valence-corrected chi connectivity index (χ1v) is 6.57. The van der Waals surface area contributed by atoms with Gasteiger partial charge in [0.15, 0.2) is 0 Å². The van der Waals surface area contributed by atoms with Crippen LogP contribution in [0.4, 0.5) is 14.5 Å². The van der Waals surface area contributed by atoms with E-state index in [-0.39, 0.29) is 18.1 Å². The molecule has 0 saturated heterocycles. The average molecular weight is 293 g/mol. The monoisotopic (exact) mass is 293 g/mol. The van der Waals surface area contributed by atoms with Crippen molar-refractivity contribution in [1.29, 1.82) is 0 Å². The molecule has 1 aromatic carbocycles. The SMILES string of the molecule is Cc1cccc(NC(=O)Cn2nc(C(F)F)cc2C)c1C. The second kappa shape index (κ2) is 6.03. The molecule has 21 heavy (non-hydrogen) atoms. The molecule has 0 spiro atoms. The number of hydrogen-bond acceptors (Lipinski definition) is 2. The van der Waals surface area contributed by atoms with Gasteiger partial charge >= 0.3 is 0 Å². The van der Waals surface area contributed by atoms with Crippen molar-refractivity contribution in [3.63, 3.8) is 0 Å². The maximum atomic E-state index is 12.6. The zero-order valence-electron chi connectivity index (χ0n) is 12.2. The summed E-state index contributed by atoms with van der Waals surface area (Å²) in [7, 11) is 0. The number of amides is 1. The number of aromatic nitrogens is 2. The molecule has 0 aliphatic heterocycles. The lowest BCUT2D eigenvalue weighted by atomic mass is 10.1. The molecule has 112 valence electrons. The molecule has 0 bridgehead atoms. The second-order valence-electron chi connectivity index (χ2n) is 4.96. The number of carbonyl (C=O) groups is 1. The fourth-order valence-electron chi connectivity index (χ4n) is 2.01. The molecule has 4 nitrogen and oxygen atoms in total. The Labute approximate surface area is 121 Å². The highest BCUT2D eigenvalue weighted by molar-refractivity contribution is 5.91. The molecule has 0 unspecified atom stereocenters. The summed E-state index contributed by atoms with van der Waals surface area (Å²) in [5, 5.41) is 6.51. The highest BCUT2D eigenvalue weighted by Gasteiger charge is 2.15. The molecule has 1 N–H and O–H groups in total. The predicted octanol–water partition coefficient (Wildman–Crippen LogP) is 3.38. The largest absolute Gasteiger partial charge is 0.324 e. The molecule has 6 heteroatoms. The third-order valence-electron chi connectivity index (χ3n) is 3.40. The summed E-state index contributed by atoms with van der Waals surface area (Å²) in [4.78, 5) is 12.0. The van der Waals surface area contributed by atoms with E-state index in [2.05, 4.69) is 10.4 Å². The van der Waals surface area contributed by atoms with Gasteiger partial charge < -0.3 is 5.32 Å². The topological polar surface area (TPSA) is 46.9 Å². The Hall–Kier alpha value is -2.24. The van der Waals surface area contributed by atoms with Crippen molar-refractivity contribution in [2.75, 3.05) is 5.32 Å². The van der Waals surface area contributed by atoms with Gasteiger partial charge in [-0.15, -0.1) is 0 Å². The van der Waals surface area contributed by atoms with Crippen LogP contribution in [0.15, 0.2) is 24.3 Å². The Bertz CT molecular complexity index is 665. The summed E-state index contributed by atoms with van der Waals surface area (Å²) in [5.74, 6) is -0.296. The first-order chi connectivity index (χ1) is 9.88. The molecular formula is C15H17F2N3O. The third kappa shape index (κ3) is 3.45. The molecular weight excluding hydrogens is 276 g/mol. The van der Waals surface area contributed by atoms with Crippen LogP contribution in [0.1, 0.15) is 28.9 Å². The fourth-order valence-corrected chi connectivity index (χ4v) is 2.01. The maximum Gasteiger partial charge on any atom is 0.282 e. The molecule has 0 saturated carbocycles. The lowest BCUT2D eigenvalue weighted by molar-refractivity contribution is -0.117. The van der Waals surface area contributed by atoms with Gasteiger partial charge in [0, 0.05) is 11.4 Å².